The maximum Gasteiger partial charge on any atom is 0.387 e. The van der Waals surface area contributed by atoms with Crippen molar-refractivity contribution < 1.29 is 18.3 Å². The zero-order valence-corrected chi connectivity index (χ0v) is 8.56. The average molecular weight is 241 g/mol. The van der Waals surface area contributed by atoms with Crippen molar-refractivity contribution in [2.45, 2.75) is 12.7 Å². The summed E-state index contributed by atoms with van der Waals surface area (Å²) in [6, 6.07) is 4.95. The highest BCUT2D eigenvalue weighted by Crippen LogP contribution is 2.23. The molecule has 1 aliphatic rings. The fourth-order valence-electron chi connectivity index (χ4n) is 1.48. The van der Waals surface area contributed by atoms with Gasteiger partial charge in [0.25, 0.3) is 5.91 Å². The highest BCUT2D eigenvalue weighted by molar-refractivity contribution is 6.04. The van der Waals surface area contributed by atoms with Crippen LogP contribution in [0.2, 0.25) is 0 Å². The number of guanidine groups is 1. The Morgan fingerprint density at radius 1 is 1.35 bits per heavy atom. The van der Waals surface area contributed by atoms with Crippen LogP contribution < -0.4 is 15.8 Å². The van der Waals surface area contributed by atoms with Gasteiger partial charge in [0.2, 0.25) is 0 Å². The topological polar surface area (TPSA) is 76.7 Å². The van der Waals surface area contributed by atoms with Crippen molar-refractivity contribution in [3.8, 4) is 5.75 Å². The Morgan fingerprint density at radius 3 is 2.47 bits per heavy atom. The second-order valence-electron chi connectivity index (χ2n) is 3.35. The average Bonchev–Trinajstić information content (AvgIpc) is 2.58. The summed E-state index contributed by atoms with van der Waals surface area (Å²) in [5, 5.41) is 2.35. The molecule has 0 spiro atoms. The number of benzene rings is 1. The molecule has 0 aromatic heterocycles. The van der Waals surface area contributed by atoms with E-state index in [9.17, 15) is 13.6 Å². The first kappa shape index (κ1) is 11.3. The number of hydrogen-bond acceptors (Lipinski definition) is 4. The van der Waals surface area contributed by atoms with Gasteiger partial charge in [0, 0.05) is 0 Å². The number of nitrogens with one attached hydrogen (secondary N) is 1. The first-order chi connectivity index (χ1) is 8.06. The summed E-state index contributed by atoms with van der Waals surface area (Å²) in [4.78, 5) is 15.3. The van der Waals surface area contributed by atoms with Crippen LogP contribution in [0.3, 0.4) is 0 Å². The lowest BCUT2D eigenvalue weighted by Gasteiger charge is -2.07. The molecule has 1 aromatic carbocycles. The third-order valence-corrected chi connectivity index (χ3v) is 2.19. The van der Waals surface area contributed by atoms with E-state index in [1.165, 1.54) is 24.3 Å². The number of rotatable bonds is 3. The number of ether oxygens (including phenoxy) is 1. The van der Waals surface area contributed by atoms with E-state index in [1.54, 1.807) is 0 Å². The quantitative estimate of drug-likeness (QED) is 0.820. The number of nitrogens with two attached hydrogens (primary N) is 1. The smallest absolute Gasteiger partial charge is 0.387 e. The van der Waals surface area contributed by atoms with Crippen LogP contribution in [-0.4, -0.2) is 18.5 Å². The first-order valence-electron chi connectivity index (χ1n) is 4.75. The molecule has 0 saturated carbocycles. The minimum Gasteiger partial charge on any atom is -0.435 e. The van der Waals surface area contributed by atoms with Gasteiger partial charge in [-0.05, 0) is 17.7 Å². The summed E-state index contributed by atoms with van der Waals surface area (Å²) in [7, 11) is 0. The van der Waals surface area contributed by atoms with Gasteiger partial charge in [-0.15, -0.1) is 0 Å². The van der Waals surface area contributed by atoms with E-state index in [2.05, 4.69) is 15.0 Å². The fourth-order valence-corrected chi connectivity index (χ4v) is 1.48. The lowest BCUT2D eigenvalue weighted by Crippen LogP contribution is -2.31. The zero-order valence-electron chi connectivity index (χ0n) is 8.56. The van der Waals surface area contributed by atoms with Gasteiger partial charge in [-0.2, -0.15) is 8.78 Å². The molecule has 1 unspecified atom stereocenters. The van der Waals surface area contributed by atoms with Crippen LogP contribution in [0, 0.1) is 0 Å². The molecule has 0 aliphatic carbocycles. The molecule has 2 rings (SSSR count). The van der Waals surface area contributed by atoms with Gasteiger partial charge in [0.1, 0.15) is 5.75 Å². The van der Waals surface area contributed by atoms with Crippen molar-refractivity contribution >= 4 is 11.9 Å². The van der Waals surface area contributed by atoms with Crippen molar-refractivity contribution in [3.63, 3.8) is 0 Å². The Kier molecular flexibility index (Phi) is 2.90. The molecule has 3 N–H and O–H groups in total. The molecular formula is C10H9F2N3O2. The minimum atomic E-state index is -2.87. The van der Waals surface area contributed by atoms with Crippen LogP contribution in [0.25, 0.3) is 0 Å². The molecule has 7 heteroatoms. The Bertz CT molecular complexity index is 459. The van der Waals surface area contributed by atoms with Gasteiger partial charge >= 0.3 is 6.61 Å². The summed E-state index contributed by atoms with van der Waals surface area (Å²) >= 11 is 0. The highest BCUT2D eigenvalue weighted by atomic mass is 19.3. The van der Waals surface area contributed by atoms with Crippen LogP contribution in [0.5, 0.6) is 5.75 Å². The molecule has 0 fully saturated rings. The molecule has 1 aliphatic heterocycles. The van der Waals surface area contributed by atoms with Crippen LogP contribution in [0.1, 0.15) is 11.6 Å². The normalized spacial score (nSPS) is 19.1. The number of amides is 1. The summed E-state index contributed by atoms with van der Waals surface area (Å²) < 4.78 is 28.0. The number of carbonyl (C=O) groups is 1. The van der Waals surface area contributed by atoms with E-state index in [4.69, 9.17) is 5.73 Å². The van der Waals surface area contributed by atoms with Crippen molar-refractivity contribution in [1.82, 2.24) is 5.32 Å². The van der Waals surface area contributed by atoms with E-state index in [0.717, 1.165) is 0 Å². The third kappa shape index (κ3) is 2.49. The minimum absolute atomic E-state index is 0.0270. The predicted octanol–water partition coefficient (Wildman–Crippen LogP) is 0.774. The van der Waals surface area contributed by atoms with Crippen LogP contribution >= 0.6 is 0 Å². The van der Waals surface area contributed by atoms with Crippen molar-refractivity contribution in [2.75, 3.05) is 0 Å². The molecule has 90 valence electrons. The van der Waals surface area contributed by atoms with Gasteiger partial charge in [-0.25, -0.2) is 4.99 Å². The number of nitrogens with zero attached hydrogens (tertiary/aromatic N) is 1. The third-order valence-electron chi connectivity index (χ3n) is 2.19. The van der Waals surface area contributed by atoms with E-state index >= 15 is 0 Å². The second-order valence-corrected chi connectivity index (χ2v) is 3.35. The molecule has 0 bridgehead atoms. The highest BCUT2D eigenvalue weighted by Gasteiger charge is 2.26. The van der Waals surface area contributed by atoms with Crippen LogP contribution in [0.4, 0.5) is 8.78 Å². The van der Waals surface area contributed by atoms with E-state index in [1.807, 2.05) is 0 Å². The van der Waals surface area contributed by atoms with Crippen molar-refractivity contribution in [1.29, 1.82) is 0 Å². The molecule has 5 nitrogen and oxygen atoms in total. The van der Waals surface area contributed by atoms with Crippen LogP contribution in [-0.2, 0) is 4.79 Å². The van der Waals surface area contributed by atoms with Crippen LogP contribution in [0.15, 0.2) is 29.3 Å². The Morgan fingerprint density at radius 2 is 2.00 bits per heavy atom. The first-order valence-corrected chi connectivity index (χ1v) is 4.75. The summed E-state index contributed by atoms with van der Waals surface area (Å²) in [6.07, 6.45) is 0. The Hall–Kier alpha value is -2.18. The Balaban J connectivity index is 2.15. The van der Waals surface area contributed by atoms with Gasteiger partial charge in [0.05, 0.1) is 0 Å². The van der Waals surface area contributed by atoms with Gasteiger partial charge in [-0.3, -0.25) is 10.1 Å². The summed E-state index contributed by atoms with van der Waals surface area (Å²) in [6.45, 7) is -2.87. The summed E-state index contributed by atoms with van der Waals surface area (Å²) in [5.41, 5.74) is 5.90. The largest absolute Gasteiger partial charge is 0.435 e. The molecule has 17 heavy (non-hydrogen) atoms. The monoisotopic (exact) mass is 241 g/mol. The van der Waals surface area contributed by atoms with Gasteiger partial charge in [-0.1, -0.05) is 12.1 Å². The fraction of sp³-hybridized carbons (Fsp3) is 0.200. The standard InChI is InChI=1S/C10H9F2N3O2/c11-9(12)17-6-3-1-5(2-4-6)7-8(16)15-10(13)14-7/h1-4,7,9H,(H3,13,14,15,16). The number of aliphatic imine (C=N–C) groups is 1. The molecule has 1 amide bonds. The SMILES string of the molecule is NC1=NC(c2ccc(OC(F)F)cc2)C(=O)N1. The number of carbonyl (C=O) groups excluding carboxylic acids is 1. The van der Waals surface area contributed by atoms with Gasteiger partial charge in [0.15, 0.2) is 12.0 Å². The van der Waals surface area contributed by atoms with E-state index in [0.29, 0.717) is 5.56 Å². The maximum atomic E-state index is 11.9. The Labute approximate surface area is 95.3 Å². The zero-order chi connectivity index (χ0) is 12.4. The van der Waals surface area contributed by atoms with E-state index in [-0.39, 0.29) is 17.6 Å². The van der Waals surface area contributed by atoms with E-state index < -0.39 is 12.7 Å². The number of halogens is 2. The molecule has 1 aromatic rings. The molecule has 1 atom stereocenters. The maximum absolute atomic E-state index is 11.9. The summed E-state index contributed by atoms with van der Waals surface area (Å²) in [5.74, 6) is -0.267. The van der Waals surface area contributed by atoms with Crippen molar-refractivity contribution in [2.24, 2.45) is 10.7 Å². The molecule has 0 radical (unpaired) electrons. The van der Waals surface area contributed by atoms with Gasteiger partial charge < -0.3 is 10.5 Å². The number of alkyl halides is 2. The lowest BCUT2D eigenvalue weighted by atomic mass is 10.1. The second kappa shape index (κ2) is 4.36. The lowest BCUT2D eigenvalue weighted by molar-refractivity contribution is -0.120. The predicted molar refractivity (Wildman–Crippen MR) is 55.6 cm³/mol. The molecular weight excluding hydrogens is 232 g/mol. The van der Waals surface area contributed by atoms with Crippen molar-refractivity contribution in [3.05, 3.63) is 29.8 Å². The number of hydrogen-bond donors (Lipinski definition) is 2. The molecule has 0 saturated heterocycles. The molecule has 1 heterocycles.